The highest BCUT2D eigenvalue weighted by Crippen LogP contribution is 2.23. The summed E-state index contributed by atoms with van der Waals surface area (Å²) in [5.74, 6) is 8.56. The smallest absolute Gasteiger partial charge is 0.407 e. The Balaban J connectivity index is -0.000000197. The maximum atomic E-state index is 11.3. The van der Waals surface area contributed by atoms with E-state index in [1.807, 2.05) is 41.5 Å². The average molecular weight is 1490 g/mol. The zero-order valence-corrected chi connectivity index (χ0v) is 57.8. The molecule has 0 heterocycles. The lowest BCUT2D eigenvalue weighted by atomic mass is 10.2. The molecule has 0 radical (unpaired) electrons. The maximum absolute atomic E-state index is 11.3. The minimum atomic E-state index is -0.785. The van der Waals surface area contributed by atoms with Gasteiger partial charge in [-0.3, -0.25) is 0 Å². The molecule has 0 fully saturated rings. The zero-order chi connectivity index (χ0) is 57.7. The number of nitrogens with two attached hydrogens (primary N) is 1. The van der Waals surface area contributed by atoms with Crippen molar-refractivity contribution in [3.05, 3.63) is 0 Å². The zero-order valence-electron chi connectivity index (χ0n) is 43.4. The topological polar surface area (TPSA) is 270 Å². The van der Waals surface area contributed by atoms with Crippen molar-refractivity contribution in [1.82, 2.24) is 26.6 Å². The molecule has 0 spiro atoms. The van der Waals surface area contributed by atoms with Crippen LogP contribution in [0.5, 0.6) is 0 Å². The van der Waals surface area contributed by atoms with Gasteiger partial charge in [-0.05, 0) is 48.6 Å². The highest BCUT2D eigenvalue weighted by atomic mass is 79.9. The van der Waals surface area contributed by atoms with Gasteiger partial charge in [-0.1, -0.05) is 156 Å². The van der Waals surface area contributed by atoms with E-state index >= 15 is 0 Å². The summed E-state index contributed by atoms with van der Waals surface area (Å²) < 4.78 is 33.6. The molecule has 442 valence electrons. The van der Waals surface area contributed by atoms with Crippen molar-refractivity contribution in [2.24, 2.45) is 5.73 Å². The number of alkyl carbamates (subject to hydrolysis) is 5. The van der Waals surface area contributed by atoms with Crippen LogP contribution in [0.15, 0.2) is 0 Å². The molecule has 0 saturated heterocycles. The maximum Gasteiger partial charge on any atom is 0.407 e. The lowest BCUT2D eigenvalue weighted by Gasteiger charge is -2.19. The average Bonchev–Trinajstić information content (AvgIpc) is 3.33. The van der Waals surface area contributed by atoms with Crippen LogP contribution < -0.4 is 32.3 Å². The fourth-order valence-electron chi connectivity index (χ4n) is 2.74. The molecule has 0 rings (SSSR count). The lowest BCUT2D eigenvalue weighted by Crippen LogP contribution is -2.33. The first kappa shape index (κ1) is 86.0. The molecule has 0 aromatic carbocycles. The summed E-state index contributed by atoms with van der Waals surface area (Å²) in [6, 6.07) is 0. The van der Waals surface area contributed by atoms with Gasteiger partial charge >= 0.3 is 41.3 Å². The number of carbonyl (C=O) groups is 7. The predicted molar refractivity (Wildman–Crippen MR) is 340 cm³/mol. The van der Waals surface area contributed by atoms with E-state index in [0.717, 1.165) is 62.0 Å². The summed E-state index contributed by atoms with van der Waals surface area (Å²) in [4.78, 5) is 74.6. The van der Waals surface area contributed by atoms with Gasteiger partial charge in [0.2, 0.25) is 0 Å². The van der Waals surface area contributed by atoms with E-state index in [0.29, 0.717) is 57.6 Å². The van der Waals surface area contributed by atoms with E-state index in [2.05, 4.69) is 89.6 Å². The number of hydrogen-bond acceptors (Lipinski definition) is 25. The summed E-state index contributed by atoms with van der Waals surface area (Å²) in [5.41, 5.74) is 2.05. The highest BCUT2D eigenvalue weighted by Gasteiger charge is 2.16. The fraction of sp³-hybridized carbons (Fsp3) is 0.821. The SMILES string of the molecule is CC(C)(C)OC(=O)NCCSSCCOC(=O)Cl.CN.CNC(=O)OCCSSCCBr.CNC(=O)OCCSSCCBr.CNC(=O)OCCSSCCNC(=O)OC(C)(C)C.O=C(Cl)OCCSSCCBr. The second kappa shape index (κ2) is 68.0. The van der Waals surface area contributed by atoms with Crippen LogP contribution in [0, 0.1) is 0 Å². The Kier molecular flexibility index (Phi) is 79.1. The molecule has 0 aliphatic rings. The Morgan fingerprint density at radius 3 is 0.811 bits per heavy atom. The number of amides is 5. The standard InChI is InChI=1S/C11H22N2O4S2.C10H18ClNO4S2.2C6H12BrNO2S2.C5H8BrClO2S2.CH5N/c1-11(2,3)17-10(15)13-5-7-18-19-8-6-16-9(14)12-4;1-10(2,3)16-9(14)12-4-6-17-18-7-5-15-8(11)13;2*1-8-6(9)10-3-5-12-11-4-2-7;6-1-3-10-11-4-2-9-5(7)8;1-2/h5-8H2,1-4H3,(H,12,14)(H,13,15);4-7H2,1-3H3,(H,12,14);2*2-5H2,1H3,(H,8,9);1-4H2;2H2,1H3. The Labute approximate surface area is 514 Å². The normalized spacial score (nSPS) is 10.0. The van der Waals surface area contributed by atoms with Crippen molar-refractivity contribution < 1.29 is 66.7 Å². The van der Waals surface area contributed by atoms with E-state index in [1.54, 1.807) is 122 Å². The molecule has 7 N–H and O–H groups in total. The van der Waals surface area contributed by atoms with Crippen molar-refractivity contribution >= 4 is 220 Å². The molecule has 20 nitrogen and oxygen atoms in total. The van der Waals surface area contributed by atoms with E-state index < -0.39 is 40.3 Å². The van der Waals surface area contributed by atoms with Crippen molar-refractivity contribution in [3.8, 4) is 0 Å². The third-order valence-electron chi connectivity index (χ3n) is 5.18. The first-order valence-electron chi connectivity index (χ1n) is 21.6. The molecule has 5 amide bonds. The number of carbonyl (C=O) groups excluding carboxylic acids is 7. The number of halogens is 5. The van der Waals surface area contributed by atoms with Crippen molar-refractivity contribution in [1.29, 1.82) is 0 Å². The van der Waals surface area contributed by atoms with Gasteiger partial charge in [-0.15, -0.1) is 0 Å². The van der Waals surface area contributed by atoms with Gasteiger partial charge in [0.15, 0.2) is 0 Å². The number of alkyl halides is 3. The summed E-state index contributed by atoms with van der Waals surface area (Å²) in [6.07, 6.45) is -1.95. The van der Waals surface area contributed by atoms with Gasteiger partial charge in [0.25, 0.3) is 0 Å². The third kappa shape index (κ3) is 95.1. The molecular weight excluding hydrogens is 1410 g/mol. The molecule has 0 aliphatic carbocycles. The van der Waals surface area contributed by atoms with Crippen LogP contribution in [0.3, 0.4) is 0 Å². The monoisotopic (exact) mass is 1480 g/mol. The summed E-state index contributed by atoms with van der Waals surface area (Å²) in [6.45, 7) is 14.0. The lowest BCUT2D eigenvalue weighted by molar-refractivity contribution is 0.0520. The molecule has 35 heteroatoms. The summed E-state index contributed by atoms with van der Waals surface area (Å²) in [7, 11) is 22.8. The molecule has 0 bridgehead atoms. The Morgan fingerprint density at radius 1 is 0.392 bits per heavy atom. The molecule has 74 heavy (non-hydrogen) atoms. The molecule has 0 unspecified atom stereocenters. The van der Waals surface area contributed by atoms with Gasteiger partial charge in [0.1, 0.15) is 44.2 Å². The van der Waals surface area contributed by atoms with Gasteiger partial charge in [0, 0.05) is 131 Å². The minimum Gasteiger partial charge on any atom is -0.453 e. The first-order chi connectivity index (χ1) is 35.0. The van der Waals surface area contributed by atoms with Crippen molar-refractivity contribution in [2.75, 3.05) is 148 Å². The van der Waals surface area contributed by atoms with Gasteiger partial charge in [-0.2, -0.15) is 0 Å². The molecule has 0 aliphatic heterocycles. The molecule has 0 aromatic rings. The Morgan fingerprint density at radius 2 is 0.608 bits per heavy atom. The molecule has 0 saturated carbocycles. The largest absolute Gasteiger partial charge is 0.453 e. The van der Waals surface area contributed by atoms with E-state index in [9.17, 15) is 33.6 Å². The third-order valence-corrected chi connectivity index (χ3v) is 20.0. The number of rotatable bonds is 32. The predicted octanol–water partition coefficient (Wildman–Crippen LogP) is 12.5. The summed E-state index contributed by atoms with van der Waals surface area (Å²) in [5, 5.41) is 15.4. The van der Waals surface area contributed by atoms with Gasteiger partial charge in [-0.25, -0.2) is 33.6 Å². The van der Waals surface area contributed by atoms with Crippen LogP contribution in [0.4, 0.5) is 33.6 Å². The van der Waals surface area contributed by atoms with Crippen LogP contribution in [-0.2, 0) is 33.2 Å². The summed E-state index contributed by atoms with van der Waals surface area (Å²) >= 11 is 19.9. The Bertz CT molecular complexity index is 1330. The van der Waals surface area contributed by atoms with Crippen molar-refractivity contribution in [3.63, 3.8) is 0 Å². The van der Waals surface area contributed by atoms with Crippen LogP contribution in [0.1, 0.15) is 41.5 Å². The van der Waals surface area contributed by atoms with Crippen LogP contribution in [0.2, 0.25) is 0 Å². The van der Waals surface area contributed by atoms with Crippen LogP contribution in [0.25, 0.3) is 0 Å². The van der Waals surface area contributed by atoms with E-state index in [1.165, 1.54) is 14.1 Å². The first-order valence-corrected chi connectivity index (χ1v) is 38.2. The quantitative estimate of drug-likeness (QED) is 0.0120. The number of ether oxygens (including phenoxy) is 7. The second-order valence-corrected chi connectivity index (χ2v) is 30.0. The van der Waals surface area contributed by atoms with E-state index in [4.69, 9.17) is 46.9 Å². The van der Waals surface area contributed by atoms with Gasteiger partial charge in [0.05, 0.1) is 0 Å². The second-order valence-electron chi connectivity index (χ2n) is 13.5. The van der Waals surface area contributed by atoms with Crippen LogP contribution >= 0.6 is 179 Å². The van der Waals surface area contributed by atoms with E-state index in [-0.39, 0.29) is 12.2 Å². The number of nitrogens with one attached hydrogen (secondary N) is 5. The number of hydrogen-bond donors (Lipinski definition) is 6. The molecule has 0 atom stereocenters. The molecular formula is C39H77Br3Cl2N6O14S10. The molecule has 0 aromatic heterocycles. The highest BCUT2D eigenvalue weighted by molar-refractivity contribution is 9.09. The fourth-order valence-corrected chi connectivity index (χ4v) is 14.6. The minimum absolute atomic E-state index is 0.291. The Hall–Kier alpha value is 0.770. The van der Waals surface area contributed by atoms with Crippen LogP contribution in [-0.4, -0.2) is 200 Å². The van der Waals surface area contributed by atoms with Crippen molar-refractivity contribution in [2.45, 2.75) is 52.7 Å². The van der Waals surface area contributed by atoms with Gasteiger partial charge < -0.3 is 65.5 Å².